The molecule has 4 rings (SSSR count). The molecule has 0 amide bonds. The second kappa shape index (κ2) is 6.93. The first kappa shape index (κ1) is 15.0. The summed E-state index contributed by atoms with van der Waals surface area (Å²) in [4.78, 5) is 11.5. The molecule has 5 nitrogen and oxygen atoms in total. The molecule has 0 aliphatic carbocycles. The van der Waals surface area contributed by atoms with Gasteiger partial charge in [-0.1, -0.05) is 30.3 Å². The zero-order valence-electron chi connectivity index (χ0n) is 13.7. The molecule has 122 valence electrons. The first-order valence-electron chi connectivity index (χ1n) is 8.51. The zero-order chi connectivity index (χ0) is 16.2. The smallest absolute Gasteiger partial charge is 0.159 e. The second-order valence-corrected chi connectivity index (χ2v) is 6.20. The summed E-state index contributed by atoms with van der Waals surface area (Å²) in [6.07, 6.45) is 10.4. The van der Waals surface area contributed by atoms with E-state index in [9.17, 15) is 0 Å². The third-order valence-electron chi connectivity index (χ3n) is 4.49. The number of aromatic nitrogens is 4. The highest BCUT2D eigenvalue weighted by Crippen LogP contribution is 2.19. The van der Waals surface area contributed by atoms with E-state index in [1.54, 1.807) is 0 Å². The van der Waals surface area contributed by atoms with Crippen LogP contribution in [0.5, 0.6) is 0 Å². The van der Waals surface area contributed by atoms with Crippen molar-refractivity contribution < 1.29 is 0 Å². The van der Waals surface area contributed by atoms with Crippen LogP contribution >= 0.6 is 0 Å². The van der Waals surface area contributed by atoms with Gasteiger partial charge in [-0.3, -0.25) is 4.68 Å². The third-order valence-corrected chi connectivity index (χ3v) is 4.49. The summed E-state index contributed by atoms with van der Waals surface area (Å²) >= 11 is 0. The average Bonchev–Trinajstić information content (AvgIpc) is 3.33. The summed E-state index contributed by atoms with van der Waals surface area (Å²) in [6, 6.07) is 10.0. The summed E-state index contributed by atoms with van der Waals surface area (Å²) < 4.78 is 2.01. The van der Waals surface area contributed by atoms with Crippen molar-refractivity contribution in [3.8, 4) is 22.5 Å². The lowest BCUT2D eigenvalue weighted by Crippen LogP contribution is -2.24. The van der Waals surface area contributed by atoms with Crippen molar-refractivity contribution in [2.75, 3.05) is 19.6 Å². The fourth-order valence-electron chi connectivity index (χ4n) is 3.10. The maximum atomic E-state index is 4.49. The number of likely N-dealkylation sites (tertiary alicyclic amines) is 1. The number of nitrogens with zero attached hydrogens (tertiary/aromatic N) is 5. The molecule has 1 aromatic carbocycles. The Labute approximate surface area is 142 Å². The maximum Gasteiger partial charge on any atom is 0.159 e. The molecular formula is C19H21N5. The van der Waals surface area contributed by atoms with Gasteiger partial charge in [0.25, 0.3) is 0 Å². The molecule has 1 fully saturated rings. The Hall–Kier alpha value is -2.53. The minimum Gasteiger partial charge on any atom is -0.301 e. The highest BCUT2D eigenvalue weighted by atomic mass is 15.3. The largest absolute Gasteiger partial charge is 0.301 e. The van der Waals surface area contributed by atoms with E-state index in [1.165, 1.54) is 25.9 Å². The highest BCUT2D eigenvalue weighted by Gasteiger charge is 2.11. The van der Waals surface area contributed by atoms with Crippen molar-refractivity contribution in [1.82, 2.24) is 24.6 Å². The maximum absolute atomic E-state index is 4.49. The average molecular weight is 319 g/mol. The van der Waals surface area contributed by atoms with E-state index in [2.05, 4.69) is 26.2 Å². The van der Waals surface area contributed by atoms with E-state index < -0.39 is 0 Å². The van der Waals surface area contributed by atoms with Crippen molar-refractivity contribution in [1.29, 1.82) is 0 Å². The van der Waals surface area contributed by atoms with E-state index in [1.807, 2.05) is 53.6 Å². The molecule has 0 spiro atoms. The van der Waals surface area contributed by atoms with Crippen molar-refractivity contribution in [3.05, 3.63) is 55.1 Å². The Morgan fingerprint density at radius 1 is 0.792 bits per heavy atom. The molecule has 0 unspecified atom stereocenters. The van der Waals surface area contributed by atoms with Gasteiger partial charge in [0.1, 0.15) is 0 Å². The molecule has 0 radical (unpaired) electrons. The Balaban J connectivity index is 1.44. The number of hydrogen-bond acceptors (Lipinski definition) is 4. The molecule has 2 aromatic heterocycles. The Bertz CT molecular complexity index is 773. The lowest BCUT2D eigenvalue weighted by molar-refractivity contribution is 0.316. The van der Waals surface area contributed by atoms with E-state index in [4.69, 9.17) is 0 Å². The highest BCUT2D eigenvalue weighted by molar-refractivity contribution is 5.62. The Morgan fingerprint density at radius 2 is 1.54 bits per heavy atom. The van der Waals surface area contributed by atoms with Crippen molar-refractivity contribution >= 4 is 0 Å². The van der Waals surface area contributed by atoms with Crippen LogP contribution in [0.3, 0.4) is 0 Å². The SMILES string of the molecule is c1ccc(-c2ncc(-c3cnn(CCN4CCCC4)c3)cn2)cc1. The zero-order valence-corrected chi connectivity index (χ0v) is 13.7. The quantitative estimate of drug-likeness (QED) is 0.725. The van der Waals surface area contributed by atoms with Gasteiger partial charge in [0, 0.05) is 41.8 Å². The van der Waals surface area contributed by atoms with Crippen LogP contribution in [0.4, 0.5) is 0 Å². The fraction of sp³-hybridized carbons (Fsp3) is 0.316. The van der Waals surface area contributed by atoms with Crippen LogP contribution in [0.15, 0.2) is 55.1 Å². The number of rotatable bonds is 5. The lowest BCUT2D eigenvalue weighted by Gasteiger charge is -2.13. The van der Waals surface area contributed by atoms with Gasteiger partial charge in [0.15, 0.2) is 5.82 Å². The van der Waals surface area contributed by atoms with E-state index in [0.717, 1.165) is 35.6 Å². The van der Waals surface area contributed by atoms with Crippen molar-refractivity contribution in [2.24, 2.45) is 0 Å². The molecule has 1 saturated heterocycles. The summed E-state index contributed by atoms with van der Waals surface area (Å²) in [5, 5.41) is 4.47. The topological polar surface area (TPSA) is 46.8 Å². The van der Waals surface area contributed by atoms with E-state index in [0.29, 0.717) is 0 Å². The molecule has 1 aliphatic rings. The predicted molar refractivity (Wildman–Crippen MR) is 94.4 cm³/mol. The molecule has 5 heteroatoms. The van der Waals surface area contributed by atoms with Crippen molar-refractivity contribution in [3.63, 3.8) is 0 Å². The van der Waals surface area contributed by atoms with Gasteiger partial charge in [-0.15, -0.1) is 0 Å². The molecule has 0 saturated carbocycles. The molecule has 24 heavy (non-hydrogen) atoms. The summed E-state index contributed by atoms with van der Waals surface area (Å²) in [5.74, 6) is 0.751. The minimum atomic E-state index is 0.751. The first-order chi connectivity index (χ1) is 11.9. The molecule has 0 bridgehead atoms. The summed E-state index contributed by atoms with van der Waals surface area (Å²) in [6.45, 7) is 4.46. The fourth-order valence-corrected chi connectivity index (χ4v) is 3.10. The molecule has 3 heterocycles. The van der Waals surface area contributed by atoms with Crippen LogP contribution in [-0.4, -0.2) is 44.3 Å². The predicted octanol–water partition coefficient (Wildman–Crippen LogP) is 3.10. The summed E-state index contributed by atoms with van der Waals surface area (Å²) in [7, 11) is 0. The molecule has 3 aromatic rings. The van der Waals surface area contributed by atoms with Gasteiger partial charge in [-0.25, -0.2) is 9.97 Å². The van der Waals surface area contributed by atoms with Gasteiger partial charge in [-0.05, 0) is 25.9 Å². The standard InChI is InChI=1S/C19H21N5/c1-2-6-16(7-3-1)19-20-12-17(13-21-19)18-14-22-24(15-18)11-10-23-8-4-5-9-23/h1-3,6-7,12-15H,4-5,8-11H2. The number of hydrogen-bond donors (Lipinski definition) is 0. The normalized spacial score (nSPS) is 15.0. The van der Waals surface area contributed by atoms with E-state index in [-0.39, 0.29) is 0 Å². The van der Waals surface area contributed by atoms with Crippen LogP contribution < -0.4 is 0 Å². The van der Waals surface area contributed by atoms with Crippen LogP contribution in [-0.2, 0) is 6.54 Å². The lowest BCUT2D eigenvalue weighted by atomic mass is 10.2. The van der Waals surface area contributed by atoms with E-state index >= 15 is 0 Å². The van der Waals surface area contributed by atoms with Crippen LogP contribution in [0.1, 0.15) is 12.8 Å². The van der Waals surface area contributed by atoms with Gasteiger partial charge in [0.05, 0.1) is 12.7 Å². The van der Waals surface area contributed by atoms with Gasteiger partial charge in [-0.2, -0.15) is 5.10 Å². The minimum absolute atomic E-state index is 0.751. The molecule has 0 N–H and O–H groups in total. The van der Waals surface area contributed by atoms with Gasteiger partial charge in [0.2, 0.25) is 0 Å². The van der Waals surface area contributed by atoms with Crippen molar-refractivity contribution in [2.45, 2.75) is 19.4 Å². The first-order valence-corrected chi connectivity index (χ1v) is 8.51. The number of benzene rings is 1. The Kier molecular flexibility index (Phi) is 4.34. The Morgan fingerprint density at radius 3 is 2.29 bits per heavy atom. The van der Waals surface area contributed by atoms with Gasteiger partial charge >= 0.3 is 0 Å². The monoisotopic (exact) mass is 319 g/mol. The van der Waals surface area contributed by atoms with Gasteiger partial charge < -0.3 is 4.90 Å². The van der Waals surface area contributed by atoms with Crippen LogP contribution in [0, 0.1) is 0 Å². The molecule has 0 atom stereocenters. The summed E-state index contributed by atoms with van der Waals surface area (Å²) in [5.41, 5.74) is 3.10. The second-order valence-electron chi connectivity index (χ2n) is 6.20. The molecular weight excluding hydrogens is 298 g/mol. The van der Waals surface area contributed by atoms with Crippen LogP contribution in [0.2, 0.25) is 0 Å². The molecule has 1 aliphatic heterocycles. The third kappa shape index (κ3) is 3.36. The van der Waals surface area contributed by atoms with Crippen LogP contribution in [0.25, 0.3) is 22.5 Å².